The molecule has 3 rings (SSSR count). The number of fused-ring (bicyclic) bond motifs is 1. The summed E-state index contributed by atoms with van der Waals surface area (Å²) in [5.74, 6) is 0.979. The lowest BCUT2D eigenvalue weighted by Gasteiger charge is -2.26. The number of ether oxygens (including phenoxy) is 1. The standard InChI is InChI=1S/C16H20N2OS/c1-2-19-15-7-3-6-14-13(15)5-4-8-16(14)20-18-11-9-17-10-12-18/h3-8,17H,2,9-12H2,1H3. The Kier molecular flexibility index (Phi) is 4.45. The summed E-state index contributed by atoms with van der Waals surface area (Å²) in [5, 5.41) is 5.87. The molecule has 0 aromatic heterocycles. The second kappa shape index (κ2) is 6.48. The van der Waals surface area contributed by atoms with Crippen LogP contribution in [0.5, 0.6) is 5.75 Å². The van der Waals surface area contributed by atoms with Gasteiger partial charge >= 0.3 is 0 Å². The van der Waals surface area contributed by atoms with Crippen LogP contribution in [0.4, 0.5) is 0 Å². The highest BCUT2D eigenvalue weighted by molar-refractivity contribution is 7.97. The summed E-state index contributed by atoms with van der Waals surface area (Å²) in [5.41, 5.74) is 0. The van der Waals surface area contributed by atoms with Crippen LogP contribution >= 0.6 is 11.9 Å². The molecule has 0 spiro atoms. The molecule has 2 aromatic rings. The predicted molar refractivity (Wildman–Crippen MR) is 85.4 cm³/mol. The van der Waals surface area contributed by atoms with Crippen LogP contribution in [-0.2, 0) is 0 Å². The van der Waals surface area contributed by atoms with Gasteiger partial charge in [0.15, 0.2) is 0 Å². The smallest absolute Gasteiger partial charge is 0.127 e. The summed E-state index contributed by atoms with van der Waals surface area (Å²) >= 11 is 1.86. The normalized spacial score (nSPS) is 16.4. The third-order valence-electron chi connectivity index (χ3n) is 3.45. The fraction of sp³-hybridized carbons (Fsp3) is 0.375. The van der Waals surface area contributed by atoms with Crippen molar-refractivity contribution in [1.29, 1.82) is 0 Å². The van der Waals surface area contributed by atoms with Crippen LogP contribution in [0, 0.1) is 0 Å². The Morgan fingerprint density at radius 1 is 1.10 bits per heavy atom. The quantitative estimate of drug-likeness (QED) is 0.874. The monoisotopic (exact) mass is 288 g/mol. The van der Waals surface area contributed by atoms with Crippen molar-refractivity contribution in [1.82, 2.24) is 9.62 Å². The topological polar surface area (TPSA) is 24.5 Å². The summed E-state index contributed by atoms with van der Waals surface area (Å²) in [7, 11) is 0. The number of nitrogens with one attached hydrogen (secondary N) is 1. The molecule has 4 heteroatoms. The molecule has 1 heterocycles. The van der Waals surface area contributed by atoms with Crippen molar-refractivity contribution in [3.8, 4) is 5.75 Å². The molecular weight excluding hydrogens is 268 g/mol. The predicted octanol–water partition coefficient (Wildman–Crippen LogP) is 3.15. The maximum atomic E-state index is 5.73. The Morgan fingerprint density at radius 2 is 1.85 bits per heavy atom. The molecule has 2 aromatic carbocycles. The van der Waals surface area contributed by atoms with Gasteiger partial charge in [0, 0.05) is 41.8 Å². The van der Waals surface area contributed by atoms with E-state index >= 15 is 0 Å². The molecule has 1 aliphatic heterocycles. The summed E-state index contributed by atoms with van der Waals surface area (Å²) in [6.45, 7) is 7.05. The zero-order valence-electron chi connectivity index (χ0n) is 11.8. The highest BCUT2D eigenvalue weighted by atomic mass is 32.2. The lowest BCUT2D eigenvalue weighted by atomic mass is 10.1. The number of benzene rings is 2. The van der Waals surface area contributed by atoms with Gasteiger partial charge in [0.1, 0.15) is 5.75 Å². The Bertz CT molecular complexity index is 582. The molecule has 106 valence electrons. The van der Waals surface area contributed by atoms with Gasteiger partial charge in [0.05, 0.1) is 6.61 Å². The lowest BCUT2D eigenvalue weighted by molar-refractivity contribution is 0.344. The molecule has 1 N–H and O–H groups in total. The SMILES string of the molecule is CCOc1cccc2c(SN3CCNCC3)cccc12. The van der Waals surface area contributed by atoms with E-state index < -0.39 is 0 Å². The number of rotatable bonds is 4. The molecule has 0 saturated carbocycles. The fourth-order valence-electron chi connectivity index (χ4n) is 2.49. The highest BCUT2D eigenvalue weighted by Crippen LogP contribution is 2.34. The van der Waals surface area contributed by atoms with Crippen LogP contribution in [0.3, 0.4) is 0 Å². The molecule has 0 atom stereocenters. The zero-order chi connectivity index (χ0) is 13.8. The van der Waals surface area contributed by atoms with Gasteiger partial charge in [0.25, 0.3) is 0 Å². The van der Waals surface area contributed by atoms with E-state index in [-0.39, 0.29) is 0 Å². The minimum atomic E-state index is 0.703. The Balaban J connectivity index is 1.92. The molecule has 3 nitrogen and oxygen atoms in total. The van der Waals surface area contributed by atoms with Crippen LogP contribution in [0.15, 0.2) is 41.3 Å². The first-order valence-corrected chi connectivity index (χ1v) is 7.94. The molecular formula is C16H20N2OS. The zero-order valence-corrected chi connectivity index (χ0v) is 12.6. The second-order valence-electron chi connectivity index (χ2n) is 4.81. The fourth-order valence-corrected chi connectivity index (χ4v) is 3.55. The van der Waals surface area contributed by atoms with Gasteiger partial charge in [-0.2, -0.15) is 0 Å². The van der Waals surface area contributed by atoms with E-state index in [9.17, 15) is 0 Å². The van der Waals surface area contributed by atoms with E-state index in [1.54, 1.807) is 0 Å². The van der Waals surface area contributed by atoms with Crippen molar-refractivity contribution in [3.63, 3.8) is 0 Å². The van der Waals surface area contributed by atoms with Gasteiger partial charge in [-0.1, -0.05) is 24.3 Å². The van der Waals surface area contributed by atoms with Crippen molar-refractivity contribution in [2.75, 3.05) is 32.8 Å². The van der Waals surface area contributed by atoms with Crippen LogP contribution < -0.4 is 10.1 Å². The third-order valence-corrected chi connectivity index (χ3v) is 4.62. The van der Waals surface area contributed by atoms with Gasteiger partial charge in [-0.05, 0) is 31.0 Å². The molecule has 0 amide bonds. The Labute approximate surface area is 124 Å². The number of piperazine rings is 1. The van der Waals surface area contributed by atoms with Crippen molar-refractivity contribution >= 4 is 22.7 Å². The van der Waals surface area contributed by atoms with E-state index in [1.807, 2.05) is 24.9 Å². The maximum Gasteiger partial charge on any atom is 0.127 e. The van der Waals surface area contributed by atoms with Crippen LogP contribution in [0.2, 0.25) is 0 Å². The summed E-state index contributed by atoms with van der Waals surface area (Å²) in [6.07, 6.45) is 0. The van der Waals surface area contributed by atoms with Crippen LogP contribution in [-0.4, -0.2) is 37.1 Å². The minimum Gasteiger partial charge on any atom is -0.493 e. The van der Waals surface area contributed by atoms with Crippen molar-refractivity contribution in [2.45, 2.75) is 11.8 Å². The first-order valence-electron chi connectivity index (χ1n) is 7.16. The molecule has 0 aliphatic carbocycles. The first-order chi connectivity index (χ1) is 9.88. The van der Waals surface area contributed by atoms with Crippen molar-refractivity contribution < 1.29 is 4.74 Å². The van der Waals surface area contributed by atoms with E-state index in [0.29, 0.717) is 6.61 Å². The number of nitrogens with zero attached hydrogens (tertiary/aromatic N) is 1. The minimum absolute atomic E-state index is 0.703. The van der Waals surface area contributed by atoms with Crippen molar-refractivity contribution in [2.24, 2.45) is 0 Å². The molecule has 1 aliphatic rings. The summed E-state index contributed by atoms with van der Waals surface area (Å²) < 4.78 is 8.16. The number of hydrogen-bond acceptors (Lipinski definition) is 4. The van der Waals surface area contributed by atoms with Gasteiger partial charge in [-0.15, -0.1) is 0 Å². The van der Waals surface area contributed by atoms with Crippen LogP contribution in [0.1, 0.15) is 6.92 Å². The number of hydrogen-bond donors (Lipinski definition) is 1. The molecule has 20 heavy (non-hydrogen) atoms. The lowest BCUT2D eigenvalue weighted by Crippen LogP contribution is -2.39. The first kappa shape index (κ1) is 13.7. The van der Waals surface area contributed by atoms with E-state index in [1.165, 1.54) is 15.7 Å². The summed E-state index contributed by atoms with van der Waals surface area (Å²) in [6, 6.07) is 12.8. The molecule has 0 radical (unpaired) electrons. The maximum absolute atomic E-state index is 5.73. The molecule has 0 unspecified atom stereocenters. The average molecular weight is 288 g/mol. The summed E-state index contributed by atoms with van der Waals surface area (Å²) in [4.78, 5) is 1.31. The van der Waals surface area contributed by atoms with Gasteiger partial charge in [0.2, 0.25) is 0 Å². The average Bonchev–Trinajstić information content (AvgIpc) is 2.50. The Hall–Kier alpha value is -1.23. The largest absolute Gasteiger partial charge is 0.493 e. The van der Waals surface area contributed by atoms with Gasteiger partial charge < -0.3 is 10.1 Å². The highest BCUT2D eigenvalue weighted by Gasteiger charge is 2.13. The van der Waals surface area contributed by atoms with Gasteiger partial charge in [-0.25, -0.2) is 4.31 Å². The van der Waals surface area contributed by atoms with E-state index in [0.717, 1.165) is 31.9 Å². The van der Waals surface area contributed by atoms with Gasteiger partial charge in [-0.3, -0.25) is 0 Å². The Morgan fingerprint density at radius 3 is 2.65 bits per heavy atom. The molecule has 1 fully saturated rings. The molecule has 1 saturated heterocycles. The third kappa shape index (κ3) is 2.92. The van der Waals surface area contributed by atoms with E-state index in [4.69, 9.17) is 4.74 Å². The van der Waals surface area contributed by atoms with Crippen LogP contribution in [0.25, 0.3) is 10.8 Å². The molecule has 0 bridgehead atoms. The second-order valence-corrected chi connectivity index (χ2v) is 5.95. The van der Waals surface area contributed by atoms with E-state index in [2.05, 4.69) is 40.0 Å². The van der Waals surface area contributed by atoms with Crippen molar-refractivity contribution in [3.05, 3.63) is 36.4 Å².